The number of rotatable bonds is 5. The van der Waals surface area contributed by atoms with Gasteiger partial charge in [0.1, 0.15) is 0 Å². The molecule has 1 aromatic carbocycles. The third-order valence-electron chi connectivity index (χ3n) is 5.35. The molecule has 0 fully saturated rings. The van der Waals surface area contributed by atoms with Gasteiger partial charge in [-0.05, 0) is 26.7 Å². The smallest absolute Gasteiger partial charge is 0.234 e. The number of carbonyl (C=O) groups is 1. The fraction of sp³-hybridized carbons (Fsp3) is 0.524. The lowest BCUT2D eigenvalue weighted by atomic mass is 10.0. The van der Waals surface area contributed by atoms with Crippen molar-refractivity contribution in [2.24, 2.45) is 7.05 Å². The Morgan fingerprint density at radius 2 is 1.88 bits per heavy atom. The lowest BCUT2D eigenvalue weighted by molar-refractivity contribution is -0.123. The van der Waals surface area contributed by atoms with Crippen molar-refractivity contribution in [3.05, 3.63) is 41.6 Å². The summed E-state index contributed by atoms with van der Waals surface area (Å²) >= 11 is 0. The van der Waals surface area contributed by atoms with Gasteiger partial charge < -0.3 is 5.32 Å². The topological polar surface area (TPSA) is 50.2 Å². The molecule has 1 aliphatic rings. The second-order valence-electron chi connectivity index (χ2n) is 7.83. The molecule has 0 saturated carbocycles. The van der Waals surface area contributed by atoms with Crippen LogP contribution in [0.25, 0.3) is 11.3 Å². The van der Waals surface area contributed by atoms with Gasteiger partial charge in [-0.25, -0.2) is 0 Å². The van der Waals surface area contributed by atoms with Crippen molar-refractivity contribution in [2.75, 3.05) is 19.6 Å². The highest BCUT2D eigenvalue weighted by Gasteiger charge is 2.24. The first-order chi connectivity index (χ1) is 12.4. The summed E-state index contributed by atoms with van der Waals surface area (Å²) in [5.74, 6) is 0.111. The highest BCUT2D eigenvalue weighted by atomic mass is 16.2. The third kappa shape index (κ3) is 4.15. The molecule has 26 heavy (non-hydrogen) atoms. The summed E-state index contributed by atoms with van der Waals surface area (Å²) in [6.45, 7) is 8.45. The lowest BCUT2D eigenvalue weighted by Crippen LogP contribution is -2.47. The van der Waals surface area contributed by atoms with Crippen molar-refractivity contribution in [1.82, 2.24) is 20.0 Å². The molecule has 1 aliphatic heterocycles. The minimum Gasteiger partial charge on any atom is -0.350 e. The van der Waals surface area contributed by atoms with E-state index >= 15 is 0 Å². The normalized spacial score (nSPS) is 15.4. The Balaban J connectivity index is 1.70. The van der Waals surface area contributed by atoms with Gasteiger partial charge in [-0.1, -0.05) is 37.3 Å². The van der Waals surface area contributed by atoms with Crippen molar-refractivity contribution >= 4 is 5.91 Å². The predicted molar refractivity (Wildman–Crippen MR) is 105 cm³/mol. The maximum Gasteiger partial charge on any atom is 0.234 e. The Morgan fingerprint density at radius 3 is 2.58 bits per heavy atom. The van der Waals surface area contributed by atoms with E-state index in [4.69, 9.17) is 5.10 Å². The average Bonchev–Trinajstić information content (AvgIpc) is 2.81. The standard InChI is InChI=1S/C21H30N4O/c1-5-21(2,3)22-19(26)15-25-13-11-17-18(12-14-25)23-24(4)20(17)16-9-7-6-8-10-16/h6-10H,5,11-15H2,1-4H3,(H,22,26). The van der Waals surface area contributed by atoms with E-state index in [-0.39, 0.29) is 11.4 Å². The number of carbonyl (C=O) groups excluding carboxylic acids is 1. The van der Waals surface area contributed by atoms with Crippen molar-refractivity contribution in [1.29, 1.82) is 0 Å². The van der Waals surface area contributed by atoms with Crippen LogP contribution in [0.3, 0.4) is 0 Å². The predicted octanol–water partition coefficient (Wildman–Crippen LogP) is 2.79. The molecule has 2 aromatic rings. The van der Waals surface area contributed by atoms with Gasteiger partial charge in [0.05, 0.1) is 17.9 Å². The Labute approximate surface area is 156 Å². The second-order valence-corrected chi connectivity index (χ2v) is 7.83. The van der Waals surface area contributed by atoms with Crippen LogP contribution >= 0.6 is 0 Å². The molecular formula is C21H30N4O. The maximum absolute atomic E-state index is 12.4. The van der Waals surface area contributed by atoms with E-state index in [2.05, 4.69) is 55.3 Å². The van der Waals surface area contributed by atoms with Gasteiger partial charge in [-0.3, -0.25) is 14.4 Å². The molecule has 5 heteroatoms. The number of nitrogens with one attached hydrogen (secondary N) is 1. The number of aromatic nitrogens is 2. The Bertz CT molecular complexity index is 764. The minimum absolute atomic E-state index is 0.111. The number of hydrogen-bond acceptors (Lipinski definition) is 3. The van der Waals surface area contributed by atoms with Gasteiger partial charge in [-0.15, -0.1) is 0 Å². The van der Waals surface area contributed by atoms with Crippen LogP contribution in [0.2, 0.25) is 0 Å². The molecule has 1 aromatic heterocycles. The minimum atomic E-state index is -0.144. The zero-order valence-electron chi connectivity index (χ0n) is 16.4. The Hall–Kier alpha value is -2.14. The summed E-state index contributed by atoms with van der Waals surface area (Å²) in [6, 6.07) is 10.5. The summed E-state index contributed by atoms with van der Waals surface area (Å²) in [7, 11) is 2.02. The van der Waals surface area contributed by atoms with Gasteiger partial charge in [0, 0.05) is 43.2 Å². The Kier molecular flexibility index (Phi) is 5.47. The molecule has 0 radical (unpaired) electrons. The quantitative estimate of drug-likeness (QED) is 0.898. The van der Waals surface area contributed by atoms with Crippen molar-refractivity contribution in [3.63, 3.8) is 0 Å². The van der Waals surface area contributed by atoms with Crippen LogP contribution in [0.15, 0.2) is 30.3 Å². The lowest BCUT2D eigenvalue weighted by Gasteiger charge is -2.27. The summed E-state index contributed by atoms with van der Waals surface area (Å²) < 4.78 is 2.01. The van der Waals surface area contributed by atoms with E-state index in [1.165, 1.54) is 22.5 Å². The number of amides is 1. The van der Waals surface area contributed by atoms with Gasteiger partial charge in [0.25, 0.3) is 0 Å². The van der Waals surface area contributed by atoms with E-state index in [1.807, 2.05) is 17.8 Å². The van der Waals surface area contributed by atoms with E-state index in [9.17, 15) is 4.79 Å². The van der Waals surface area contributed by atoms with E-state index in [0.29, 0.717) is 6.54 Å². The highest BCUT2D eigenvalue weighted by Crippen LogP contribution is 2.28. The van der Waals surface area contributed by atoms with Crippen LogP contribution in [0, 0.1) is 0 Å². The molecule has 5 nitrogen and oxygen atoms in total. The average molecular weight is 354 g/mol. The van der Waals surface area contributed by atoms with Crippen LogP contribution in [0.1, 0.15) is 38.4 Å². The SMILES string of the molecule is CCC(C)(C)NC(=O)CN1CCc2nn(C)c(-c3ccccc3)c2CC1. The largest absolute Gasteiger partial charge is 0.350 e. The molecule has 3 rings (SSSR count). The molecule has 1 amide bonds. The zero-order valence-corrected chi connectivity index (χ0v) is 16.4. The molecule has 0 unspecified atom stereocenters. The molecule has 140 valence electrons. The summed E-state index contributed by atoms with van der Waals surface area (Å²) in [6.07, 6.45) is 2.74. The first-order valence-electron chi connectivity index (χ1n) is 9.53. The van der Waals surface area contributed by atoms with E-state index < -0.39 is 0 Å². The second kappa shape index (κ2) is 7.62. The molecular weight excluding hydrogens is 324 g/mol. The molecule has 0 saturated heterocycles. The number of benzene rings is 1. The van der Waals surface area contributed by atoms with E-state index in [0.717, 1.165) is 32.4 Å². The number of nitrogens with zero attached hydrogens (tertiary/aromatic N) is 3. The van der Waals surface area contributed by atoms with Gasteiger partial charge in [0.2, 0.25) is 5.91 Å². The molecule has 0 aliphatic carbocycles. The molecule has 0 spiro atoms. The number of aryl methyl sites for hydroxylation is 1. The fourth-order valence-electron chi connectivity index (χ4n) is 3.56. The van der Waals surface area contributed by atoms with Crippen LogP contribution in [0.4, 0.5) is 0 Å². The zero-order chi connectivity index (χ0) is 18.7. The number of hydrogen-bond donors (Lipinski definition) is 1. The summed E-state index contributed by atoms with van der Waals surface area (Å²) in [5.41, 5.74) is 4.77. The third-order valence-corrected chi connectivity index (χ3v) is 5.35. The van der Waals surface area contributed by atoms with Crippen LogP contribution < -0.4 is 5.32 Å². The van der Waals surface area contributed by atoms with Gasteiger partial charge in [0.15, 0.2) is 0 Å². The van der Waals surface area contributed by atoms with Crippen molar-refractivity contribution in [2.45, 2.75) is 45.6 Å². The fourth-order valence-corrected chi connectivity index (χ4v) is 3.56. The monoisotopic (exact) mass is 354 g/mol. The van der Waals surface area contributed by atoms with Gasteiger partial charge >= 0.3 is 0 Å². The van der Waals surface area contributed by atoms with Crippen molar-refractivity contribution in [3.8, 4) is 11.3 Å². The van der Waals surface area contributed by atoms with E-state index in [1.54, 1.807) is 0 Å². The molecule has 1 N–H and O–H groups in total. The first-order valence-corrected chi connectivity index (χ1v) is 9.53. The number of fused-ring (bicyclic) bond motifs is 1. The maximum atomic E-state index is 12.4. The highest BCUT2D eigenvalue weighted by molar-refractivity contribution is 5.78. The van der Waals surface area contributed by atoms with Crippen LogP contribution in [0.5, 0.6) is 0 Å². The molecule has 2 heterocycles. The Morgan fingerprint density at radius 1 is 1.19 bits per heavy atom. The first kappa shape index (κ1) is 18.6. The summed E-state index contributed by atoms with van der Waals surface area (Å²) in [4.78, 5) is 14.6. The van der Waals surface area contributed by atoms with Crippen LogP contribution in [-0.4, -0.2) is 45.8 Å². The molecule has 0 atom stereocenters. The summed E-state index contributed by atoms with van der Waals surface area (Å²) in [5, 5.41) is 7.90. The van der Waals surface area contributed by atoms with Crippen LogP contribution in [-0.2, 0) is 24.7 Å². The molecule has 0 bridgehead atoms. The van der Waals surface area contributed by atoms with Gasteiger partial charge in [-0.2, -0.15) is 5.10 Å². The van der Waals surface area contributed by atoms with Crippen molar-refractivity contribution < 1.29 is 4.79 Å².